The van der Waals surface area contributed by atoms with Crippen LogP contribution >= 0.6 is 11.3 Å². The largest absolute Gasteiger partial charge is 0.383 e. The maximum Gasteiger partial charge on any atom is 0.124 e. The Kier molecular flexibility index (Phi) is 3.09. The molecule has 0 aromatic carbocycles. The van der Waals surface area contributed by atoms with E-state index in [0.717, 1.165) is 30.7 Å². The summed E-state index contributed by atoms with van der Waals surface area (Å²) in [5, 5.41) is 13.2. The zero-order valence-corrected chi connectivity index (χ0v) is 9.83. The minimum Gasteiger partial charge on any atom is -0.383 e. The van der Waals surface area contributed by atoms with Gasteiger partial charge in [-0.25, -0.2) is 4.98 Å². The first kappa shape index (κ1) is 11.0. The average molecular weight is 226 g/mol. The fourth-order valence-corrected chi connectivity index (χ4v) is 3.11. The van der Waals surface area contributed by atoms with Gasteiger partial charge in [0, 0.05) is 17.6 Å². The summed E-state index contributed by atoms with van der Waals surface area (Å²) in [7, 11) is 0. The van der Waals surface area contributed by atoms with Crippen LogP contribution in [0.3, 0.4) is 0 Å². The van der Waals surface area contributed by atoms with Crippen LogP contribution in [0.4, 0.5) is 0 Å². The third-order valence-corrected chi connectivity index (χ3v) is 4.43. The van der Waals surface area contributed by atoms with E-state index in [0.29, 0.717) is 12.0 Å². The van der Waals surface area contributed by atoms with Crippen LogP contribution in [0.25, 0.3) is 0 Å². The Bertz CT molecular complexity index is 302. The van der Waals surface area contributed by atoms with E-state index in [-0.39, 0.29) is 0 Å². The molecule has 2 rings (SSSR count). The van der Waals surface area contributed by atoms with Crippen LogP contribution in [0.1, 0.15) is 37.6 Å². The van der Waals surface area contributed by atoms with E-state index in [4.69, 9.17) is 5.73 Å². The maximum atomic E-state index is 10.5. The highest BCUT2D eigenvalue weighted by Gasteiger charge is 2.37. The molecule has 0 saturated heterocycles. The van der Waals surface area contributed by atoms with Gasteiger partial charge in [-0.05, 0) is 38.5 Å². The van der Waals surface area contributed by atoms with Gasteiger partial charge in [-0.1, -0.05) is 0 Å². The molecule has 1 aliphatic rings. The summed E-state index contributed by atoms with van der Waals surface area (Å²) in [6.07, 6.45) is 5.81. The van der Waals surface area contributed by atoms with Crippen LogP contribution in [0, 0.1) is 5.92 Å². The molecule has 15 heavy (non-hydrogen) atoms. The highest BCUT2D eigenvalue weighted by atomic mass is 32.1. The SMILES string of the molecule is CC(O)(c1nccs1)[C@H]1CC[C@H](N)CC1. The van der Waals surface area contributed by atoms with Gasteiger partial charge in [0.25, 0.3) is 0 Å². The zero-order valence-electron chi connectivity index (χ0n) is 9.02. The van der Waals surface area contributed by atoms with Crippen molar-refractivity contribution in [2.75, 3.05) is 0 Å². The van der Waals surface area contributed by atoms with Crippen molar-refractivity contribution in [2.24, 2.45) is 11.7 Å². The quantitative estimate of drug-likeness (QED) is 0.809. The summed E-state index contributed by atoms with van der Waals surface area (Å²) >= 11 is 1.53. The van der Waals surface area contributed by atoms with Crippen molar-refractivity contribution in [2.45, 2.75) is 44.2 Å². The van der Waals surface area contributed by atoms with E-state index in [1.807, 2.05) is 12.3 Å². The molecule has 0 bridgehead atoms. The highest BCUT2D eigenvalue weighted by molar-refractivity contribution is 7.09. The molecule has 1 atom stereocenters. The van der Waals surface area contributed by atoms with Crippen LogP contribution in [0.2, 0.25) is 0 Å². The van der Waals surface area contributed by atoms with Crippen molar-refractivity contribution >= 4 is 11.3 Å². The molecular formula is C11H18N2OS. The van der Waals surface area contributed by atoms with Gasteiger partial charge in [0.05, 0.1) is 0 Å². The molecule has 1 aliphatic carbocycles. The minimum absolute atomic E-state index is 0.309. The standard InChI is InChI=1S/C11H18N2OS/c1-11(14,10-13-6-7-15-10)8-2-4-9(12)5-3-8/h6-9,14H,2-5,12H2,1H3/t8-,9-,11?. The van der Waals surface area contributed by atoms with Gasteiger partial charge in [-0.15, -0.1) is 11.3 Å². The van der Waals surface area contributed by atoms with Crippen molar-refractivity contribution in [1.82, 2.24) is 4.98 Å². The Hall–Kier alpha value is -0.450. The van der Waals surface area contributed by atoms with Gasteiger partial charge in [0.15, 0.2) is 0 Å². The molecule has 84 valence electrons. The van der Waals surface area contributed by atoms with E-state index >= 15 is 0 Å². The molecule has 0 aliphatic heterocycles. The number of rotatable bonds is 2. The Morgan fingerprint density at radius 1 is 1.47 bits per heavy atom. The van der Waals surface area contributed by atoms with Crippen molar-refractivity contribution in [3.05, 3.63) is 16.6 Å². The van der Waals surface area contributed by atoms with Gasteiger partial charge in [-0.3, -0.25) is 0 Å². The number of hydrogen-bond donors (Lipinski definition) is 2. The normalized spacial score (nSPS) is 31.1. The van der Waals surface area contributed by atoms with Gasteiger partial charge in [-0.2, -0.15) is 0 Å². The molecule has 1 aromatic heterocycles. The maximum absolute atomic E-state index is 10.5. The summed E-state index contributed by atoms with van der Waals surface area (Å²) in [6, 6.07) is 0.327. The summed E-state index contributed by atoms with van der Waals surface area (Å²) < 4.78 is 0. The van der Waals surface area contributed by atoms with Crippen molar-refractivity contribution in [3.8, 4) is 0 Å². The summed E-state index contributed by atoms with van der Waals surface area (Å²) in [5.41, 5.74) is 5.09. The predicted molar refractivity (Wildman–Crippen MR) is 61.6 cm³/mol. The molecule has 0 radical (unpaired) electrons. The first-order valence-corrected chi connectivity index (χ1v) is 6.36. The molecule has 4 heteroatoms. The minimum atomic E-state index is -0.770. The van der Waals surface area contributed by atoms with E-state index in [9.17, 15) is 5.11 Å². The van der Waals surface area contributed by atoms with E-state index in [1.165, 1.54) is 11.3 Å². The van der Waals surface area contributed by atoms with E-state index in [1.54, 1.807) is 6.20 Å². The fourth-order valence-electron chi connectivity index (χ4n) is 2.33. The number of nitrogens with two attached hydrogens (primary N) is 1. The lowest BCUT2D eigenvalue weighted by Crippen LogP contribution is -2.37. The van der Waals surface area contributed by atoms with Gasteiger partial charge in [0.1, 0.15) is 10.6 Å². The topological polar surface area (TPSA) is 59.1 Å². The summed E-state index contributed by atoms with van der Waals surface area (Å²) in [6.45, 7) is 1.88. The number of nitrogens with zero attached hydrogens (tertiary/aromatic N) is 1. The highest BCUT2D eigenvalue weighted by Crippen LogP contribution is 2.39. The summed E-state index contributed by atoms with van der Waals surface area (Å²) in [4.78, 5) is 4.22. The third kappa shape index (κ3) is 2.22. The lowest BCUT2D eigenvalue weighted by atomic mass is 9.77. The molecule has 1 saturated carbocycles. The Balaban J connectivity index is 2.09. The van der Waals surface area contributed by atoms with Crippen molar-refractivity contribution < 1.29 is 5.11 Å². The summed E-state index contributed by atoms with van der Waals surface area (Å²) in [5.74, 6) is 0.309. The third-order valence-electron chi connectivity index (χ3n) is 3.43. The molecule has 1 heterocycles. The first-order valence-electron chi connectivity index (χ1n) is 5.48. The Labute approximate surface area is 94.3 Å². The lowest BCUT2D eigenvalue weighted by Gasteiger charge is -2.35. The molecule has 1 unspecified atom stereocenters. The van der Waals surface area contributed by atoms with Crippen LogP contribution in [0.15, 0.2) is 11.6 Å². The van der Waals surface area contributed by atoms with Crippen molar-refractivity contribution in [3.63, 3.8) is 0 Å². The molecular weight excluding hydrogens is 208 g/mol. The van der Waals surface area contributed by atoms with Crippen LogP contribution in [0.5, 0.6) is 0 Å². The predicted octanol–water partition coefficient (Wildman–Crippen LogP) is 1.87. The second-order valence-electron chi connectivity index (χ2n) is 4.60. The molecule has 0 amide bonds. The average Bonchev–Trinajstić information content (AvgIpc) is 2.71. The number of aromatic nitrogens is 1. The van der Waals surface area contributed by atoms with Gasteiger partial charge >= 0.3 is 0 Å². The number of thiazole rings is 1. The number of aliphatic hydroxyl groups is 1. The Morgan fingerprint density at radius 2 is 2.13 bits per heavy atom. The van der Waals surface area contributed by atoms with Crippen LogP contribution < -0.4 is 5.73 Å². The molecule has 3 N–H and O–H groups in total. The number of hydrogen-bond acceptors (Lipinski definition) is 4. The van der Waals surface area contributed by atoms with Crippen molar-refractivity contribution in [1.29, 1.82) is 0 Å². The molecule has 1 aromatic rings. The second-order valence-corrected chi connectivity index (χ2v) is 5.49. The first-order chi connectivity index (χ1) is 7.10. The van der Waals surface area contributed by atoms with Crippen LogP contribution in [-0.4, -0.2) is 16.1 Å². The smallest absolute Gasteiger partial charge is 0.124 e. The van der Waals surface area contributed by atoms with Gasteiger partial charge in [0.2, 0.25) is 0 Å². The fraction of sp³-hybridized carbons (Fsp3) is 0.727. The zero-order chi connectivity index (χ0) is 10.9. The lowest BCUT2D eigenvalue weighted by molar-refractivity contribution is -0.0234. The van der Waals surface area contributed by atoms with E-state index in [2.05, 4.69) is 4.98 Å². The molecule has 1 fully saturated rings. The Morgan fingerprint density at radius 3 is 2.67 bits per heavy atom. The molecule has 3 nitrogen and oxygen atoms in total. The second kappa shape index (κ2) is 4.20. The van der Waals surface area contributed by atoms with Gasteiger partial charge < -0.3 is 10.8 Å². The monoisotopic (exact) mass is 226 g/mol. The molecule has 0 spiro atoms. The van der Waals surface area contributed by atoms with Crippen LogP contribution in [-0.2, 0) is 5.60 Å². The van der Waals surface area contributed by atoms with E-state index < -0.39 is 5.60 Å².